The first-order chi connectivity index (χ1) is 9.90. The molecule has 0 radical (unpaired) electrons. The molecule has 0 saturated carbocycles. The van der Waals surface area contributed by atoms with Crippen LogP contribution in [0.15, 0.2) is 18.2 Å². The van der Waals surface area contributed by atoms with Crippen molar-refractivity contribution in [3.05, 3.63) is 29.6 Å². The highest BCUT2D eigenvalue weighted by Crippen LogP contribution is 2.21. The summed E-state index contributed by atoms with van der Waals surface area (Å²) in [7, 11) is -3.18. The Hall–Kier alpha value is -1.65. The summed E-state index contributed by atoms with van der Waals surface area (Å²) < 4.78 is 43.5. The highest BCUT2D eigenvalue weighted by Gasteiger charge is 2.26. The van der Waals surface area contributed by atoms with Crippen LogP contribution in [0.5, 0.6) is 5.75 Å². The Labute approximate surface area is 124 Å². The van der Waals surface area contributed by atoms with Gasteiger partial charge in [-0.1, -0.05) is 0 Å². The fraction of sp³-hybridized carbons (Fsp3) is 0.500. The molecule has 0 N–H and O–H groups in total. The molecule has 1 heterocycles. The fourth-order valence-corrected chi connectivity index (χ4v) is 3.30. The third-order valence-corrected chi connectivity index (χ3v) is 4.77. The van der Waals surface area contributed by atoms with Crippen molar-refractivity contribution in [2.45, 2.75) is 12.8 Å². The number of nitriles is 1. The van der Waals surface area contributed by atoms with E-state index in [4.69, 9.17) is 10.00 Å². The number of hydrogen-bond donors (Lipinski definition) is 0. The van der Waals surface area contributed by atoms with Gasteiger partial charge in [0.1, 0.15) is 17.6 Å². The first-order valence-electron chi connectivity index (χ1n) is 6.67. The molecule has 0 aliphatic carbocycles. The fourth-order valence-electron chi connectivity index (χ4n) is 2.35. The topological polar surface area (TPSA) is 70.4 Å². The number of piperidine rings is 1. The Bertz CT molecular complexity index is 655. The molecule has 0 spiro atoms. The normalized spacial score (nSPS) is 20.0. The molecule has 7 heteroatoms. The van der Waals surface area contributed by atoms with Crippen LogP contribution in [-0.2, 0) is 10.0 Å². The molecule has 1 saturated heterocycles. The number of nitrogens with zero attached hydrogens (tertiary/aromatic N) is 2. The van der Waals surface area contributed by atoms with Crippen molar-refractivity contribution < 1.29 is 17.5 Å². The largest absolute Gasteiger partial charge is 0.493 e. The van der Waals surface area contributed by atoms with E-state index in [1.807, 2.05) is 0 Å². The molecule has 0 amide bonds. The molecule has 1 aliphatic rings. The summed E-state index contributed by atoms with van der Waals surface area (Å²) in [5.74, 6) is -0.174. The molecule has 1 fully saturated rings. The third kappa shape index (κ3) is 4.16. The van der Waals surface area contributed by atoms with Gasteiger partial charge in [0.2, 0.25) is 10.0 Å². The van der Waals surface area contributed by atoms with Gasteiger partial charge in [0.05, 0.1) is 18.4 Å². The van der Waals surface area contributed by atoms with Gasteiger partial charge in [-0.2, -0.15) is 5.26 Å². The van der Waals surface area contributed by atoms with Crippen LogP contribution in [0.1, 0.15) is 18.4 Å². The molecule has 1 unspecified atom stereocenters. The van der Waals surface area contributed by atoms with Crippen molar-refractivity contribution in [2.24, 2.45) is 5.92 Å². The van der Waals surface area contributed by atoms with E-state index in [1.165, 1.54) is 22.7 Å². The quantitative estimate of drug-likeness (QED) is 0.849. The van der Waals surface area contributed by atoms with E-state index in [2.05, 4.69) is 0 Å². The van der Waals surface area contributed by atoms with Gasteiger partial charge in [0, 0.05) is 25.1 Å². The lowest BCUT2D eigenvalue weighted by atomic mass is 10.0. The van der Waals surface area contributed by atoms with Crippen LogP contribution in [0.3, 0.4) is 0 Å². The summed E-state index contributed by atoms with van der Waals surface area (Å²) in [4.78, 5) is 0. The third-order valence-electron chi connectivity index (χ3n) is 3.50. The highest BCUT2D eigenvalue weighted by molar-refractivity contribution is 7.88. The number of sulfonamides is 1. The maximum Gasteiger partial charge on any atom is 0.211 e. The number of hydrogen-bond acceptors (Lipinski definition) is 4. The summed E-state index contributed by atoms with van der Waals surface area (Å²) in [6, 6.07) is 5.83. The standard InChI is InChI=1S/C14H17FN2O3S/c1-21(18,19)17-6-2-3-11(9-17)10-20-13-5-4-12(8-16)14(15)7-13/h4-5,7,11H,2-3,6,9-10H2,1H3. The van der Waals surface area contributed by atoms with Gasteiger partial charge in [-0.15, -0.1) is 0 Å². The molecular weight excluding hydrogens is 295 g/mol. The Morgan fingerprint density at radius 1 is 1.52 bits per heavy atom. The Kier molecular flexibility index (Phi) is 4.80. The maximum atomic E-state index is 13.4. The molecule has 1 aromatic carbocycles. The number of rotatable bonds is 4. The average molecular weight is 312 g/mol. The first kappa shape index (κ1) is 15.7. The van der Waals surface area contributed by atoms with E-state index in [9.17, 15) is 12.8 Å². The Morgan fingerprint density at radius 2 is 2.29 bits per heavy atom. The van der Waals surface area contributed by atoms with Gasteiger partial charge < -0.3 is 4.74 Å². The number of halogens is 1. The van der Waals surface area contributed by atoms with E-state index < -0.39 is 15.8 Å². The van der Waals surface area contributed by atoms with E-state index in [0.717, 1.165) is 12.8 Å². The van der Waals surface area contributed by atoms with Crippen molar-refractivity contribution in [1.29, 1.82) is 5.26 Å². The highest BCUT2D eigenvalue weighted by atomic mass is 32.2. The van der Waals surface area contributed by atoms with E-state index in [1.54, 1.807) is 12.1 Å². The second-order valence-corrected chi connectivity index (χ2v) is 7.18. The Balaban J connectivity index is 1.94. The predicted octanol–water partition coefficient (Wildman–Crippen LogP) is 1.75. The molecule has 114 valence electrons. The van der Waals surface area contributed by atoms with Crippen molar-refractivity contribution in [3.63, 3.8) is 0 Å². The van der Waals surface area contributed by atoms with Crippen molar-refractivity contribution in [2.75, 3.05) is 26.0 Å². The lowest BCUT2D eigenvalue weighted by molar-refractivity contribution is 0.180. The van der Waals surface area contributed by atoms with Crippen molar-refractivity contribution in [1.82, 2.24) is 4.31 Å². The maximum absolute atomic E-state index is 13.4. The molecule has 1 atom stereocenters. The van der Waals surface area contributed by atoms with Crippen molar-refractivity contribution in [3.8, 4) is 11.8 Å². The van der Waals surface area contributed by atoms with E-state index in [0.29, 0.717) is 25.4 Å². The van der Waals surface area contributed by atoms with Gasteiger partial charge in [-0.25, -0.2) is 17.1 Å². The van der Waals surface area contributed by atoms with Gasteiger partial charge >= 0.3 is 0 Å². The number of ether oxygens (including phenoxy) is 1. The lowest BCUT2D eigenvalue weighted by Gasteiger charge is -2.30. The number of benzene rings is 1. The summed E-state index contributed by atoms with van der Waals surface area (Å²) >= 11 is 0. The summed E-state index contributed by atoms with van der Waals surface area (Å²) in [6.07, 6.45) is 2.87. The Morgan fingerprint density at radius 3 is 2.90 bits per heavy atom. The molecule has 21 heavy (non-hydrogen) atoms. The minimum absolute atomic E-state index is 0.0248. The van der Waals surface area contributed by atoms with Gasteiger partial charge in [0.15, 0.2) is 0 Å². The van der Waals surface area contributed by atoms with E-state index in [-0.39, 0.29) is 11.5 Å². The van der Waals surface area contributed by atoms with Crippen LogP contribution >= 0.6 is 0 Å². The monoisotopic (exact) mass is 312 g/mol. The minimum atomic E-state index is -3.18. The first-order valence-corrected chi connectivity index (χ1v) is 8.52. The van der Waals surface area contributed by atoms with Crippen molar-refractivity contribution >= 4 is 10.0 Å². The summed E-state index contributed by atoms with van der Waals surface area (Å²) in [5.41, 5.74) is -0.0248. The van der Waals surface area contributed by atoms with Crippen LogP contribution in [0.25, 0.3) is 0 Å². The van der Waals surface area contributed by atoms with Crippen LogP contribution in [0.4, 0.5) is 4.39 Å². The smallest absolute Gasteiger partial charge is 0.211 e. The van der Waals surface area contributed by atoms with Gasteiger partial charge in [-0.05, 0) is 25.0 Å². The molecule has 2 rings (SSSR count). The van der Waals surface area contributed by atoms with E-state index >= 15 is 0 Å². The zero-order chi connectivity index (χ0) is 15.5. The SMILES string of the molecule is CS(=O)(=O)N1CCCC(COc2ccc(C#N)c(F)c2)C1. The van der Waals surface area contributed by atoms with Crippen LogP contribution < -0.4 is 4.74 Å². The molecule has 5 nitrogen and oxygen atoms in total. The summed E-state index contributed by atoms with van der Waals surface area (Å²) in [6.45, 7) is 1.30. The second kappa shape index (κ2) is 6.41. The second-order valence-electron chi connectivity index (χ2n) is 5.19. The zero-order valence-corrected chi connectivity index (χ0v) is 12.6. The van der Waals surface area contributed by atoms with Crippen LogP contribution in [0.2, 0.25) is 0 Å². The molecular formula is C14H17FN2O3S. The summed E-state index contributed by atoms with van der Waals surface area (Å²) in [5, 5.41) is 8.66. The van der Waals surface area contributed by atoms with Crippen LogP contribution in [-0.4, -0.2) is 38.7 Å². The average Bonchev–Trinajstić information content (AvgIpc) is 2.45. The molecule has 0 aromatic heterocycles. The van der Waals surface area contributed by atoms with Gasteiger partial charge in [0.25, 0.3) is 0 Å². The minimum Gasteiger partial charge on any atom is -0.493 e. The van der Waals surface area contributed by atoms with Gasteiger partial charge in [-0.3, -0.25) is 0 Å². The predicted molar refractivity (Wildman–Crippen MR) is 75.8 cm³/mol. The van der Waals surface area contributed by atoms with Crippen LogP contribution in [0, 0.1) is 23.1 Å². The zero-order valence-electron chi connectivity index (χ0n) is 11.8. The molecule has 1 aliphatic heterocycles. The molecule has 1 aromatic rings. The lowest BCUT2D eigenvalue weighted by Crippen LogP contribution is -2.40. The molecule has 0 bridgehead atoms.